The van der Waals surface area contributed by atoms with Gasteiger partial charge in [-0.05, 0) is 98.4 Å². The Bertz CT molecular complexity index is 4910. The van der Waals surface area contributed by atoms with E-state index >= 15 is 0 Å². The average Bonchev–Trinajstić information content (AvgIpc) is 1.59. The number of nitrogens with one attached hydrogen (secondary N) is 3. The highest BCUT2D eigenvalue weighted by molar-refractivity contribution is 7.99. The topological polar surface area (TPSA) is 521 Å². The van der Waals surface area contributed by atoms with Crippen LogP contribution in [0.4, 0.5) is 62.6 Å². The number of pyridine rings is 1. The van der Waals surface area contributed by atoms with Crippen molar-refractivity contribution < 1.29 is 90.7 Å². The van der Waals surface area contributed by atoms with Crippen LogP contribution in [0.1, 0.15) is 61.5 Å². The van der Waals surface area contributed by atoms with Gasteiger partial charge in [-0.25, -0.2) is 9.78 Å². The van der Waals surface area contributed by atoms with E-state index < -0.39 is 110 Å². The van der Waals surface area contributed by atoms with Gasteiger partial charge in [-0.1, -0.05) is 11.6 Å². The molecule has 3 amide bonds. The van der Waals surface area contributed by atoms with Crippen molar-refractivity contribution >= 4 is 179 Å². The Morgan fingerprint density at radius 2 is 1.11 bits per heavy atom. The first-order valence-corrected chi connectivity index (χ1v) is 35.6. The highest BCUT2D eigenvalue weighted by Crippen LogP contribution is 2.47. The number of hydrogen-bond donors (Lipinski definition) is 9. The zero-order valence-electron chi connectivity index (χ0n) is 49.9. The van der Waals surface area contributed by atoms with Crippen LogP contribution in [0.5, 0.6) is 17.4 Å². The Morgan fingerprint density at radius 3 is 1.58 bits per heavy atom. The summed E-state index contributed by atoms with van der Waals surface area (Å²) in [6.07, 6.45) is -0.542. The number of aromatic nitrogens is 2. The number of carbonyl (C=O) groups is 4. The minimum Gasteiger partial charge on any atom is -0.495 e. The standard InChI is InChI=1S/C54H53ClN14O20S6/c1-27-33(26-56)52-60-35-11-12-45(88-5)51(95(85,86)87)50(35)69(52)53(73)49(27)68-65-42-20-36(57-28(2)70)39(23-46(42)89-13-6-16-92(76,77)78)63-66-43-22-38(59-30(4)72)41(25-48(43)91-15-8-18-94(82,83)84)64-67-44-21-37(58-29(3)71)40(24-47(44)90-14-7-17-93(79,80)81)62-61-31-9-10-34(55)32(19-31)54(74)75/h9-12,19-25,73H,6-8,13-18H2,1-5H3,(H,57,70)(H,58,71)(H,59,72)(H,74,75)(H,76,77,78)(H,79,80,81)(H,82,83,84)(H,85,86,87). The minimum atomic E-state index is -5.13. The number of amides is 3. The van der Waals surface area contributed by atoms with E-state index in [1.54, 1.807) is 0 Å². The molecular formula is C54H53ClN14O20S6. The summed E-state index contributed by atoms with van der Waals surface area (Å²) in [6.45, 7) is 4.36. The first-order chi connectivity index (χ1) is 44.5. The Morgan fingerprint density at radius 1 is 0.632 bits per heavy atom. The van der Waals surface area contributed by atoms with Gasteiger partial charge in [0.25, 0.3) is 40.5 Å². The summed E-state index contributed by atoms with van der Waals surface area (Å²) in [7, 11) is -17.4. The van der Waals surface area contributed by atoms with Gasteiger partial charge in [-0.15, -0.1) is 59.3 Å². The fourth-order valence-corrected chi connectivity index (χ4v) is 13.3. The van der Waals surface area contributed by atoms with Crippen molar-refractivity contribution in [3.8, 4) is 23.4 Å². The fraction of sp³-hybridized carbons (Fsp3) is 0.259. The van der Waals surface area contributed by atoms with Crippen LogP contribution in [0.3, 0.4) is 0 Å². The maximum Gasteiger partial charge on any atom is 0.337 e. The van der Waals surface area contributed by atoms with Gasteiger partial charge >= 0.3 is 5.97 Å². The number of benzene rings is 5. The number of imidazole rings is 1. The van der Waals surface area contributed by atoms with Crippen LogP contribution >= 0.6 is 35.1 Å². The molecule has 0 saturated heterocycles. The highest BCUT2D eigenvalue weighted by atomic mass is 35.5. The number of halogens is 1. The quantitative estimate of drug-likeness (QED) is 0.00910. The molecule has 502 valence electrons. The molecule has 95 heavy (non-hydrogen) atoms. The van der Waals surface area contributed by atoms with Gasteiger partial charge in [0.1, 0.15) is 62.8 Å². The number of rotatable bonds is 29. The molecule has 34 nitrogen and oxygen atoms in total. The van der Waals surface area contributed by atoms with Gasteiger partial charge in [0.05, 0.1) is 69.8 Å². The molecule has 0 saturated carbocycles. The van der Waals surface area contributed by atoms with Crippen molar-refractivity contribution in [2.75, 3.05) is 58.4 Å². The van der Waals surface area contributed by atoms with Crippen molar-refractivity contribution in [2.24, 2.45) is 40.9 Å². The molecule has 0 bridgehead atoms. The molecule has 2 aromatic heterocycles. The molecule has 2 heterocycles. The summed E-state index contributed by atoms with van der Waals surface area (Å²) in [5.74, 6) is -6.88. The van der Waals surface area contributed by atoms with E-state index in [1.165, 1.54) is 62.4 Å². The van der Waals surface area contributed by atoms with Crippen LogP contribution in [0.25, 0.3) is 16.7 Å². The number of carbonyl (C=O) groups excluding carboxylic acids is 3. The van der Waals surface area contributed by atoms with Crippen molar-refractivity contribution in [1.29, 1.82) is 5.26 Å². The smallest absolute Gasteiger partial charge is 0.337 e. The number of aromatic hydroxyl groups is 1. The lowest BCUT2D eigenvalue weighted by Crippen LogP contribution is -2.09. The zero-order valence-corrected chi connectivity index (χ0v) is 55.5. The number of azo groups is 4. The Kier molecular flexibility index (Phi) is 23.9. The van der Waals surface area contributed by atoms with Gasteiger partial charge < -0.3 is 35.6 Å². The second kappa shape index (κ2) is 30.9. The molecule has 7 aromatic rings. The van der Waals surface area contributed by atoms with E-state index in [4.69, 9.17) is 21.1 Å². The molecule has 7 rings (SSSR count). The third kappa shape index (κ3) is 20.0. The van der Waals surface area contributed by atoms with Gasteiger partial charge in [-0.3, -0.25) is 37.0 Å². The number of methoxy groups -OCH3 is 1. The number of carboxylic acid groups (broad SMARTS) is 1. The fourth-order valence-electron chi connectivity index (χ4n) is 8.53. The second-order valence-electron chi connectivity index (χ2n) is 19.8. The lowest BCUT2D eigenvalue weighted by molar-refractivity contribution is -0.115. The predicted molar refractivity (Wildman–Crippen MR) is 348 cm³/mol. The molecule has 0 spiro atoms. The third-order valence-corrected chi connectivity index (χ3v) is 18.4. The molecule has 0 unspecified atom stereocenters. The number of anilines is 3. The third-order valence-electron chi connectivity index (χ3n) is 12.5. The van der Waals surface area contributed by atoms with Gasteiger partial charge in [0.2, 0.25) is 23.6 Å². The molecular weight excluding hydrogens is 1390 g/mol. The summed E-state index contributed by atoms with van der Waals surface area (Å²) < 4.78 is 147. The van der Waals surface area contributed by atoms with E-state index in [0.717, 1.165) is 67.1 Å². The molecule has 0 aliphatic rings. The molecule has 0 fully saturated rings. The summed E-state index contributed by atoms with van der Waals surface area (Å²) >= 11 is 8.02. The first-order valence-electron chi connectivity index (χ1n) is 27.0. The van der Waals surface area contributed by atoms with Crippen molar-refractivity contribution in [3.05, 3.63) is 88.4 Å². The average molecular weight is 1450 g/mol. The largest absolute Gasteiger partial charge is 0.495 e. The number of nitriles is 1. The molecule has 5 aromatic carbocycles. The van der Waals surface area contributed by atoms with Crippen molar-refractivity contribution in [1.82, 2.24) is 9.38 Å². The molecule has 0 atom stereocenters. The summed E-state index contributed by atoms with van der Waals surface area (Å²) in [5.41, 5.74) is -2.78. The van der Waals surface area contributed by atoms with Crippen LogP contribution in [-0.4, -0.2) is 138 Å². The van der Waals surface area contributed by atoms with Crippen molar-refractivity contribution in [3.63, 3.8) is 0 Å². The number of thioether (sulfide) groups is 2. The van der Waals surface area contributed by atoms with E-state index in [2.05, 4.69) is 61.8 Å². The van der Waals surface area contributed by atoms with Gasteiger partial charge in [-0.2, -0.15) is 44.0 Å². The maximum absolute atomic E-state index is 12.9. The lowest BCUT2D eigenvalue weighted by Gasteiger charge is -2.14. The summed E-state index contributed by atoms with van der Waals surface area (Å²) in [5, 5.41) is 74.1. The number of fused-ring (bicyclic) bond motifs is 3. The Hall–Kier alpha value is -9.15. The molecule has 0 aliphatic carbocycles. The first kappa shape index (κ1) is 73.3. The van der Waals surface area contributed by atoms with Gasteiger partial charge in [0.15, 0.2) is 16.2 Å². The molecule has 0 radical (unpaired) electrons. The van der Waals surface area contributed by atoms with Crippen LogP contribution in [-0.2, 0) is 54.9 Å². The van der Waals surface area contributed by atoms with E-state index in [1.807, 2.05) is 6.07 Å². The molecule has 9 N–H and O–H groups in total. The normalized spacial score (nSPS) is 12.3. The van der Waals surface area contributed by atoms with E-state index in [-0.39, 0.29) is 142 Å². The SMILES string of the molecule is COc1ccc2nc3c(C#N)c(C)c(N=Nc4cc(NC(C)=O)c(N=Nc5cc(NC(C)=O)c(N=Nc6cc(NC(C)=O)c(N=Nc7ccc(Cl)c(C(=O)O)c7)cc6SCCCS(=O)(=O)O)cc5SCCCS(=O)(=O)O)cc4OCCCS(=O)(=O)O)c(O)n3c2c1S(=O)(=O)O. The van der Waals surface area contributed by atoms with Crippen LogP contribution in [0, 0.1) is 18.3 Å². The number of ether oxygens (including phenoxy) is 2. The highest BCUT2D eigenvalue weighted by Gasteiger charge is 2.29. The zero-order chi connectivity index (χ0) is 69.9. The van der Waals surface area contributed by atoms with Gasteiger partial charge in [0, 0.05) is 42.2 Å². The Labute approximate surface area is 553 Å². The summed E-state index contributed by atoms with van der Waals surface area (Å²) in [4.78, 5) is 54.1. The van der Waals surface area contributed by atoms with E-state index in [0.29, 0.717) is 0 Å². The molecule has 0 aliphatic heterocycles. The second-order valence-corrected chi connectivity index (χ2v) is 28.5. The number of nitrogens with zero attached hydrogens (tertiary/aromatic N) is 11. The monoisotopic (exact) mass is 1440 g/mol. The maximum atomic E-state index is 12.9. The van der Waals surface area contributed by atoms with Crippen LogP contribution in [0.15, 0.2) is 122 Å². The van der Waals surface area contributed by atoms with E-state index in [9.17, 15) is 86.5 Å². The summed E-state index contributed by atoms with van der Waals surface area (Å²) in [6, 6.07) is 15.9. The number of carboxylic acids is 1. The molecule has 41 heteroatoms. The minimum absolute atomic E-state index is 0.00403. The number of aromatic carboxylic acids is 1. The van der Waals surface area contributed by atoms with Crippen LogP contribution in [0.2, 0.25) is 5.02 Å². The van der Waals surface area contributed by atoms with Crippen LogP contribution < -0.4 is 25.4 Å². The lowest BCUT2D eigenvalue weighted by atomic mass is 10.1. The van der Waals surface area contributed by atoms with Crippen molar-refractivity contribution in [2.45, 2.75) is 61.6 Å². The predicted octanol–water partition coefficient (Wildman–Crippen LogP) is 11.9. The number of hydrogen-bond acceptors (Lipinski definition) is 27. The Balaban J connectivity index is 1.39.